The second-order valence-corrected chi connectivity index (χ2v) is 12.3. The number of aldehydes is 2. The molecule has 3 saturated carbocycles. The molecule has 32 heavy (non-hydrogen) atoms. The Labute approximate surface area is 190 Å². The highest BCUT2D eigenvalue weighted by Gasteiger charge is 2.77. The quantitative estimate of drug-likeness (QED) is 0.586. The minimum atomic E-state index is -0.474. The average Bonchev–Trinajstić information content (AvgIpc) is 3.11. The third-order valence-electron chi connectivity index (χ3n) is 10.1. The summed E-state index contributed by atoms with van der Waals surface area (Å²) in [6.07, 6.45) is 4.85. The minimum absolute atomic E-state index is 0.00214. The maximum Gasteiger partial charge on any atom is 0.157 e. The van der Waals surface area contributed by atoms with Crippen LogP contribution >= 0.6 is 0 Å². The molecule has 3 fully saturated rings. The highest BCUT2D eigenvalue weighted by molar-refractivity contribution is 5.95. The third kappa shape index (κ3) is 2.40. The molecule has 2 bridgehead atoms. The zero-order valence-corrected chi connectivity index (χ0v) is 20.1. The van der Waals surface area contributed by atoms with Crippen LogP contribution in [0.1, 0.15) is 99.4 Å². The monoisotopic (exact) mass is 440 g/mol. The molecule has 4 aliphatic rings. The molecule has 7 atom stereocenters. The lowest BCUT2D eigenvalue weighted by Crippen LogP contribution is -2.52. The van der Waals surface area contributed by atoms with Gasteiger partial charge in [0.15, 0.2) is 12.6 Å². The number of fused-ring (bicyclic) bond motifs is 2. The van der Waals surface area contributed by atoms with E-state index >= 15 is 0 Å². The van der Waals surface area contributed by atoms with E-state index in [0.29, 0.717) is 53.5 Å². The number of rotatable bonds is 4. The van der Waals surface area contributed by atoms with Crippen molar-refractivity contribution >= 4 is 12.6 Å². The van der Waals surface area contributed by atoms with Crippen molar-refractivity contribution in [2.75, 3.05) is 0 Å². The molecule has 5 heteroatoms. The number of benzene rings is 1. The van der Waals surface area contributed by atoms with Gasteiger partial charge in [-0.15, -0.1) is 0 Å². The van der Waals surface area contributed by atoms with Crippen LogP contribution in [0.5, 0.6) is 17.2 Å². The van der Waals surface area contributed by atoms with Crippen molar-refractivity contribution in [3.8, 4) is 17.2 Å². The number of ether oxygens (including phenoxy) is 1. The number of carbonyl (C=O) groups excluding carboxylic acids is 2. The molecule has 1 aliphatic heterocycles. The molecule has 1 aromatic rings. The first-order chi connectivity index (χ1) is 15.0. The van der Waals surface area contributed by atoms with E-state index in [1.807, 2.05) is 0 Å². The Bertz CT molecular complexity index is 1010. The van der Waals surface area contributed by atoms with Gasteiger partial charge in [-0.25, -0.2) is 0 Å². The topological polar surface area (TPSA) is 83.8 Å². The van der Waals surface area contributed by atoms with E-state index in [9.17, 15) is 19.8 Å². The lowest BCUT2D eigenvalue weighted by atomic mass is 9.58. The van der Waals surface area contributed by atoms with Crippen LogP contribution in [0, 0.1) is 40.4 Å². The third-order valence-corrected chi connectivity index (χ3v) is 10.1. The number of phenolic OH excluding ortho intramolecular Hbond substituents is 2. The molecule has 174 valence electrons. The molecule has 5 nitrogen and oxygen atoms in total. The van der Waals surface area contributed by atoms with Crippen molar-refractivity contribution < 1.29 is 24.5 Å². The van der Waals surface area contributed by atoms with Crippen LogP contribution in [0.15, 0.2) is 0 Å². The Morgan fingerprint density at radius 2 is 1.72 bits per heavy atom. The van der Waals surface area contributed by atoms with Crippen molar-refractivity contribution in [2.24, 2.45) is 40.4 Å². The van der Waals surface area contributed by atoms with Gasteiger partial charge in [0.1, 0.15) is 22.8 Å². The predicted molar refractivity (Wildman–Crippen MR) is 121 cm³/mol. The summed E-state index contributed by atoms with van der Waals surface area (Å²) in [7, 11) is 0. The molecule has 7 unspecified atom stereocenters. The second-order valence-electron chi connectivity index (χ2n) is 12.3. The minimum Gasteiger partial charge on any atom is -0.507 e. The van der Waals surface area contributed by atoms with E-state index < -0.39 is 11.4 Å². The Morgan fingerprint density at radius 1 is 1.06 bits per heavy atom. The Balaban J connectivity index is 1.84. The number of hydrogen-bond donors (Lipinski definition) is 2. The summed E-state index contributed by atoms with van der Waals surface area (Å²) in [5.41, 5.74) is 0.0446. The number of aromatic hydroxyl groups is 2. The van der Waals surface area contributed by atoms with E-state index in [1.165, 1.54) is 0 Å². The van der Waals surface area contributed by atoms with Gasteiger partial charge in [-0.2, -0.15) is 0 Å². The first-order valence-corrected chi connectivity index (χ1v) is 12.2. The summed E-state index contributed by atoms with van der Waals surface area (Å²) >= 11 is 0. The normalized spacial score (nSPS) is 40.5. The van der Waals surface area contributed by atoms with E-state index in [4.69, 9.17) is 4.74 Å². The molecule has 0 amide bonds. The molecule has 0 radical (unpaired) electrons. The first kappa shape index (κ1) is 21.8. The first-order valence-electron chi connectivity index (χ1n) is 12.2. The summed E-state index contributed by atoms with van der Waals surface area (Å²) < 4.78 is 6.94. The van der Waals surface area contributed by atoms with Crippen molar-refractivity contribution in [2.45, 2.75) is 78.7 Å². The van der Waals surface area contributed by atoms with Crippen LogP contribution in [-0.4, -0.2) is 28.4 Å². The van der Waals surface area contributed by atoms with Gasteiger partial charge in [0.25, 0.3) is 0 Å². The fraction of sp³-hybridized carbons (Fsp3) is 0.704. The van der Waals surface area contributed by atoms with Gasteiger partial charge in [0.05, 0.1) is 11.1 Å². The molecule has 0 spiro atoms. The SMILES string of the molecule is CC(C)CC1c2c(O)c(C=O)c(O)c(C=O)c2OC23CCC1(C)C2C1C(CC3C)C1(C)C. The highest BCUT2D eigenvalue weighted by Crippen LogP contribution is 2.80. The van der Waals surface area contributed by atoms with Gasteiger partial charge >= 0.3 is 0 Å². The van der Waals surface area contributed by atoms with E-state index in [0.717, 1.165) is 25.7 Å². The Hall–Kier alpha value is -2.04. The fourth-order valence-corrected chi connectivity index (χ4v) is 8.48. The molecule has 0 aromatic heterocycles. The lowest BCUT2D eigenvalue weighted by molar-refractivity contribution is -0.0753. The zero-order chi connectivity index (χ0) is 23.4. The molecule has 1 heterocycles. The molecular formula is C27H36O5. The standard InChI is InChI=1S/C27H36O5/c1-13(2)9-17-19-22(31)15(11-28)21(30)16(12-29)23(19)32-27-8-7-26(17,6)24(27)20-18(10-14(27)3)25(20,4)5/h11-14,17-18,20,24,30-31H,7-10H2,1-6H3. The molecule has 2 N–H and O–H groups in total. The molecule has 1 aromatic carbocycles. The van der Waals surface area contributed by atoms with E-state index in [-0.39, 0.29) is 33.6 Å². The Kier molecular flexibility index (Phi) is 4.43. The maximum atomic E-state index is 12.2. The molecular weight excluding hydrogens is 404 g/mol. The van der Waals surface area contributed by atoms with Gasteiger partial charge < -0.3 is 14.9 Å². The average molecular weight is 441 g/mol. The lowest BCUT2D eigenvalue weighted by Gasteiger charge is -2.48. The van der Waals surface area contributed by atoms with Crippen LogP contribution in [0.4, 0.5) is 0 Å². The number of carbonyl (C=O) groups is 2. The van der Waals surface area contributed by atoms with Gasteiger partial charge in [0, 0.05) is 11.5 Å². The van der Waals surface area contributed by atoms with Crippen molar-refractivity contribution in [3.63, 3.8) is 0 Å². The van der Waals surface area contributed by atoms with Crippen LogP contribution in [0.25, 0.3) is 0 Å². The van der Waals surface area contributed by atoms with E-state index in [2.05, 4.69) is 41.5 Å². The van der Waals surface area contributed by atoms with Gasteiger partial charge in [-0.1, -0.05) is 41.5 Å². The predicted octanol–water partition coefficient (Wildman–Crippen LogP) is 5.71. The molecule has 3 aliphatic carbocycles. The zero-order valence-electron chi connectivity index (χ0n) is 20.1. The largest absolute Gasteiger partial charge is 0.507 e. The summed E-state index contributed by atoms with van der Waals surface area (Å²) in [6.45, 7) is 13.7. The molecule has 0 saturated heterocycles. The van der Waals surface area contributed by atoms with Gasteiger partial charge in [0.2, 0.25) is 0 Å². The maximum absolute atomic E-state index is 12.2. The highest BCUT2D eigenvalue weighted by atomic mass is 16.5. The van der Waals surface area contributed by atoms with Gasteiger partial charge in [-0.3, -0.25) is 9.59 Å². The van der Waals surface area contributed by atoms with Crippen molar-refractivity contribution in [1.29, 1.82) is 0 Å². The summed E-state index contributed by atoms with van der Waals surface area (Å²) in [5.74, 6) is 1.72. The summed E-state index contributed by atoms with van der Waals surface area (Å²) in [5, 5.41) is 22.0. The van der Waals surface area contributed by atoms with Crippen LogP contribution in [-0.2, 0) is 0 Å². The smallest absolute Gasteiger partial charge is 0.157 e. The Morgan fingerprint density at radius 3 is 2.31 bits per heavy atom. The van der Waals surface area contributed by atoms with Crippen molar-refractivity contribution in [3.05, 3.63) is 16.7 Å². The summed E-state index contributed by atoms with van der Waals surface area (Å²) in [4.78, 5) is 24.0. The van der Waals surface area contributed by atoms with E-state index in [1.54, 1.807) is 0 Å². The number of hydrogen-bond acceptors (Lipinski definition) is 5. The van der Waals surface area contributed by atoms with Gasteiger partial charge in [-0.05, 0) is 66.1 Å². The number of phenols is 2. The van der Waals surface area contributed by atoms with Crippen LogP contribution in [0.2, 0.25) is 0 Å². The fourth-order valence-electron chi connectivity index (χ4n) is 8.48. The second kappa shape index (κ2) is 6.51. The van der Waals surface area contributed by atoms with Crippen LogP contribution < -0.4 is 4.74 Å². The van der Waals surface area contributed by atoms with Crippen molar-refractivity contribution in [1.82, 2.24) is 0 Å². The summed E-state index contributed by atoms with van der Waals surface area (Å²) in [6, 6.07) is 0. The molecule has 5 rings (SSSR count). The van der Waals surface area contributed by atoms with Crippen LogP contribution in [0.3, 0.4) is 0 Å².